The molecular formula is C26H26O8. The Kier molecular flexibility index (Phi) is 5.26. The Bertz CT molecular complexity index is 1240. The van der Waals surface area contributed by atoms with Crippen molar-refractivity contribution in [3.05, 3.63) is 51.6 Å². The molecule has 8 nitrogen and oxygen atoms in total. The third kappa shape index (κ3) is 3.24. The molecule has 1 fully saturated rings. The molecule has 178 valence electrons. The minimum absolute atomic E-state index is 0.0192. The number of fused-ring (bicyclic) bond motifs is 3. The molecule has 3 aliphatic carbocycles. The van der Waals surface area contributed by atoms with Gasteiger partial charge in [0.1, 0.15) is 22.8 Å². The van der Waals surface area contributed by atoms with E-state index in [-0.39, 0.29) is 34.1 Å². The highest BCUT2D eigenvalue weighted by Crippen LogP contribution is 2.51. The number of aliphatic hydroxyl groups is 2. The van der Waals surface area contributed by atoms with Crippen LogP contribution in [0.3, 0.4) is 0 Å². The maximum Gasteiger partial charge on any atom is 0.202 e. The number of hydrogen-bond donors (Lipinski definition) is 4. The fraction of sp³-hybridized carbons (Fsp3) is 0.423. The van der Waals surface area contributed by atoms with Crippen LogP contribution < -0.4 is 4.74 Å². The van der Waals surface area contributed by atoms with E-state index in [1.165, 1.54) is 6.07 Å². The maximum atomic E-state index is 13.6. The molecule has 0 saturated heterocycles. The van der Waals surface area contributed by atoms with Gasteiger partial charge in [-0.15, -0.1) is 0 Å². The van der Waals surface area contributed by atoms with Gasteiger partial charge < -0.3 is 25.2 Å². The van der Waals surface area contributed by atoms with Crippen molar-refractivity contribution in [2.24, 2.45) is 0 Å². The van der Waals surface area contributed by atoms with Crippen LogP contribution in [0.4, 0.5) is 0 Å². The van der Waals surface area contributed by atoms with Gasteiger partial charge in [-0.3, -0.25) is 14.4 Å². The number of carbonyl (C=O) groups excluding carboxylic acids is 3. The third-order valence-corrected chi connectivity index (χ3v) is 7.38. The van der Waals surface area contributed by atoms with Crippen molar-refractivity contribution in [3.63, 3.8) is 0 Å². The van der Waals surface area contributed by atoms with E-state index >= 15 is 0 Å². The molecule has 3 aliphatic rings. The van der Waals surface area contributed by atoms with E-state index in [1.807, 2.05) is 0 Å². The van der Waals surface area contributed by atoms with Crippen LogP contribution in [-0.4, -0.2) is 49.5 Å². The molecule has 0 heterocycles. The van der Waals surface area contributed by atoms with Crippen LogP contribution in [0, 0.1) is 0 Å². The van der Waals surface area contributed by atoms with E-state index < -0.39 is 64.5 Å². The fourth-order valence-electron chi connectivity index (χ4n) is 5.50. The monoisotopic (exact) mass is 466 g/mol. The molecule has 2 unspecified atom stereocenters. The highest BCUT2D eigenvalue weighted by Gasteiger charge is 2.47. The van der Waals surface area contributed by atoms with Crippen LogP contribution in [-0.2, 0) is 11.2 Å². The summed E-state index contributed by atoms with van der Waals surface area (Å²) in [5.41, 5.74) is -2.98. The van der Waals surface area contributed by atoms with Gasteiger partial charge in [-0.25, -0.2) is 0 Å². The second kappa shape index (κ2) is 7.92. The fourth-order valence-corrected chi connectivity index (χ4v) is 5.50. The number of hydrogen-bond acceptors (Lipinski definition) is 8. The Morgan fingerprint density at radius 2 is 1.68 bits per heavy atom. The molecule has 0 spiro atoms. The predicted octanol–water partition coefficient (Wildman–Crippen LogP) is 2.88. The summed E-state index contributed by atoms with van der Waals surface area (Å²) >= 11 is 0. The zero-order valence-corrected chi connectivity index (χ0v) is 18.8. The molecule has 0 amide bonds. The van der Waals surface area contributed by atoms with Crippen molar-refractivity contribution in [2.45, 2.75) is 69.7 Å². The number of phenolic OH excluding ortho intramolecular Hbond substituents is 2. The summed E-state index contributed by atoms with van der Waals surface area (Å²) in [4.78, 5) is 39.1. The first kappa shape index (κ1) is 22.6. The number of aliphatic hydroxyl groups excluding tert-OH is 1. The Labute approximate surface area is 195 Å². The maximum absolute atomic E-state index is 13.6. The van der Waals surface area contributed by atoms with Crippen LogP contribution in [0.1, 0.15) is 94.5 Å². The lowest BCUT2D eigenvalue weighted by atomic mass is 9.72. The van der Waals surface area contributed by atoms with Gasteiger partial charge in [0.15, 0.2) is 11.6 Å². The van der Waals surface area contributed by atoms with Gasteiger partial charge in [0.05, 0.1) is 28.9 Å². The summed E-state index contributed by atoms with van der Waals surface area (Å²) in [5, 5.41) is 43.4. The lowest BCUT2D eigenvalue weighted by Crippen LogP contribution is -2.44. The van der Waals surface area contributed by atoms with Gasteiger partial charge >= 0.3 is 0 Å². The van der Waals surface area contributed by atoms with Crippen LogP contribution in [0.5, 0.6) is 17.2 Å². The smallest absolute Gasteiger partial charge is 0.202 e. The first-order valence-corrected chi connectivity index (χ1v) is 11.5. The van der Waals surface area contributed by atoms with E-state index in [0.717, 1.165) is 39.0 Å². The number of phenols is 2. The molecule has 8 heteroatoms. The molecule has 2 aromatic carbocycles. The summed E-state index contributed by atoms with van der Waals surface area (Å²) in [6.45, 7) is 1.16. The molecule has 2 atom stereocenters. The van der Waals surface area contributed by atoms with Crippen LogP contribution >= 0.6 is 0 Å². The SMILES string of the molecule is CC(=O)C1(O)Cc2c(O)c3c(c(O)c2C(O)C1)C(=O)c1c(OC2CCCCC2)cccc1C3=O. The third-order valence-electron chi connectivity index (χ3n) is 7.38. The molecule has 0 aromatic heterocycles. The predicted molar refractivity (Wildman–Crippen MR) is 119 cm³/mol. The van der Waals surface area contributed by atoms with Crippen molar-refractivity contribution >= 4 is 17.3 Å². The van der Waals surface area contributed by atoms with Crippen molar-refractivity contribution in [2.75, 3.05) is 0 Å². The van der Waals surface area contributed by atoms with Crippen molar-refractivity contribution in [1.82, 2.24) is 0 Å². The second-order valence-corrected chi connectivity index (χ2v) is 9.54. The number of aromatic hydroxyl groups is 2. The Balaban J connectivity index is 1.66. The zero-order valence-electron chi connectivity index (χ0n) is 18.8. The normalized spacial score (nSPS) is 24.3. The molecule has 1 saturated carbocycles. The molecule has 0 aliphatic heterocycles. The van der Waals surface area contributed by atoms with E-state index in [4.69, 9.17) is 4.74 Å². The van der Waals surface area contributed by atoms with Crippen molar-refractivity contribution in [3.8, 4) is 17.2 Å². The molecule has 2 aromatic rings. The standard InChI is InChI=1S/C26H26O8/c1-12(27)26(33)10-15-18(16(28)11-26)24(31)21-20(23(15)30)22(29)14-8-5-9-17(19(14)25(21)32)34-13-6-3-2-4-7-13/h5,8-9,13,16,28,30-31,33H,2-4,6-7,10-11H2,1H3. The quantitative estimate of drug-likeness (QED) is 0.432. The highest BCUT2D eigenvalue weighted by molar-refractivity contribution is 6.31. The minimum atomic E-state index is -1.97. The van der Waals surface area contributed by atoms with E-state index in [1.54, 1.807) is 12.1 Å². The van der Waals surface area contributed by atoms with Crippen molar-refractivity contribution in [1.29, 1.82) is 0 Å². The molecule has 34 heavy (non-hydrogen) atoms. The molecular weight excluding hydrogens is 440 g/mol. The first-order chi connectivity index (χ1) is 16.1. The van der Waals surface area contributed by atoms with Gasteiger partial charge in [-0.2, -0.15) is 0 Å². The number of rotatable bonds is 3. The van der Waals surface area contributed by atoms with E-state index in [9.17, 15) is 34.8 Å². The van der Waals surface area contributed by atoms with Crippen LogP contribution in [0.2, 0.25) is 0 Å². The number of carbonyl (C=O) groups is 3. The van der Waals surface area contributed by atoms with Gasteiger partial charge in [-0.1, -0.05) is 18.6 Å². The van der Waals surface area contributed by atoms with Gasteiger partial charge in [-0.05, 0) is 38.7 Å². The molecule has 0 bridgehead atoms. The van der Waals surface area contributed by atoms with Gasteiger partial charge in [0.2, 0.25) is 5.78 Å². The summed E-state index contributed by atoms with van der Waals surface area (Å²) in [6, 6.07) is 4.67. The lowest BCUT2D eigenvalue weighted by Gasteiger charge is -2.36. The largest absolute Gasteiger partial charge is 0.507 e. The summed E-state index contributed by atoms with van der Waals surface area (Å²) in [5.74, 6) is -2.99. The number of benzene rings is 2. The second-order valence-electron chi connectivity index (χ2n) is 9.54. The molecule has 5 rings (SSSR count). The average Bonchev–Trinajstić information content (AvgIpc) is 2.80. The number of ether oxygens (including phenoxy) is 1. The van der Waals surface area contributed by atoms with E-state index in [0.29, 0.717) is 0 Å². The zero-order chi connectivity index (χ0) is 24.4. The van der Waals surface area contributed by atoms with Gasteiger partial charge in [0.25, 0.3) is 0 Å². The highest BCUT2D eigenvalue weighted by atomic mass is 16.5. The number of ketones is 3. The summed E-state index contributed by atoms with van der Waals surface area (Å²) in [6.07, 6.45) is 2.42. The minimum Gasteiger partial charge on any atom is -0.507 e. The molecule has 0 radical (unpaired) electrons. The Morgan fingerprint density at radius 1 is 1.00 bits per heavy atom. The molecule has 4 N–H and O–H groups in total. The average molecular weight is 466 g/mol. The van der Waals surface area contributed by atoms with Crippen molar-refractivity contribution < 1.29 is 39.5 Å². The number of Topliss-reactive ketones (excluding diaryl/α,β-unsaturated/α-hetero) is 1. The topological polar surface area (TPSA) is 141 Å². The van der Waals surface area contributed by atoms with Crippen LogP contribution in [0.25, 0.3) is 0 Å². The first-order valence-electron chi connectivity index (χ1n) is 11.5. The Morgan fingerprint density at radius 3 is 2.35 bits per heavy atom. The summed E-state index contributed by atoms with van der Waals surface area (Å²) in [7, 11) is 0. The van der Waals surface area contributed by atoms with E-state index in [2.05, 4.69) is 0 Å². The lowest BCUT2D eigenvalue weighted by molar-refractivity contribution is -0.139. The van der Waals surface area contributed by atoms with Crippen LogP contribution in [0.15, 0.2) is 18.2 Å². The van der Waals surface area contributed by atoms with Gasteiger partial charge in [0, 0.05) is 29.5 Å². The Hall–Kier alpha value is -3.23. The summed E-state index contributed by atoms with van der Waals surface area (Å²) < 4.78 is 6.11.